The minimum atomic E-state index is -0.542. The summed E-state index contributed by atoms with van der Waals surface area (Å²) < 4.78 is 6.05. The van der Waals surface area contributed by atoms with E-state index in [1.165, 1.54) is 18.0 Å². The molecule has 0 spiro atoms. The molecule has 1 aromatic heterocycles. The summed E-state index contributed by atoms with van der Waals surface area (Å²) in [5.74, 6) is -0.480. The monoisotopic (exact) mass is 302 g/mol. The van der Waals surface area contributed by atoms with Gasteiger partial charge in [0, 0.05) is 12.1 Å². The van der Waals surface area contributed by atoms with Crippen LogP contribution in [-0.4, -0.2) is 35.3 Å². The van der Waals surface area contributed by atoms with E-state index in [0.717, 1.165) is 6.42 Å². The van der Waals surface area contributed by atoms with Crippen LogP contribution in [0.4, 0.5) is 5.82 Å². The molecule has 116 valence electrons. The fraction of sp³-hybridized carbons (Fsp3) is 0.267. The molecular formula is C15H18N4O3. The van der Waals surface area contributed by atoms with E-state index < -0.39 is 5.97 Å². The van der Waals surface area contributed by atoms with Gasteiger partial charge in [0.05, 0.1) is 19.0 Å². The Hall–Kier alpha value is -2.83. The SMILES string of the molecule is CCCNC(=O)c1ccc(-n2ncc(C(=O)OC)c2N)cc1. The van der Waals surface area contributed by atoms with Crippen molar-refractivity contribution in [2.24, 2.45) is 0 Å². The van der Waals surface area contributed by atoms with Gasteiger partial charge in [0.2, 0.25) is 0 Å². The van der Waals surface area contributed by atoms with E-state index >= 15 is 0 Å². The second-order valence-electron chi connectivity index (χ2n) is 4.65. The molecule has 2 aromatic rings. The number of carbonyl (C=O) groups is 2. The highest BCUT2D eigenvalue weighted by Crippen LogP contribution is 2.18. The van der Waals surface area contributed by atoms with Gasteiger partial charge in [-0.2, -0.15) is 5.10 Å². The van der Waals surface area contributed by atoms with Crippen LogP contribution in [0.15, 0.2) is 30.5 Å². The molecule has 0 fully saturated rings. The number of methoxy groups -OCH3 is 1. The summed E-state index contributed by atoms with van der Waals surface area (Å²) >= 11 is 0. The molecule has 0 saturated heterocycles. The van der Waals surface area contributed by atoms with Crippen molar-refractivity contribution >= 4 is 17.7 Å². The van der Waals surface area contributed by atoms with Crippen LogP contribution in [0.2, 0.25) is 0 Å². The molecule has 1 heterocycles. The Morgan fingerprint density at radius 2 is 2.00 bits per heavy atom. The number of nitrogen functional groups attached to an aromatic ring is 1. The van der Waals surface area contributed by atoms with Crippen molar-refractivity contribution in [2.45, 2.75) is 13.3 Å². The van der Waals surface area contributed by atoms with Crippen LogP contribution in [0, 0.1) is 0 Å². The molecule has 0 atom stereocenters. The van der Waals surface area contributed by atoms with Crippen LogP contribution in [0.25, 0.3) is 5.69 Å². The molecule has 22 heavy (non-hydrogen) atoms. The first-order valence-corrected chi connectivity index (χ1v) is 6.89. The Kier molecular flexibility index (Phi) is 4.77. The molecule has 7 heteroatoms. The first kappa shape index (κ1) is 15.6. The summed E-state index contributed by atoms with van der Waals surface area (Å²) in [5.41, 5.74) is 7.30. The third-order valence-electron chi connectivity index (χ3n) is 3.12. The summed E-state index contributed by atoms with van der Waals surface area (Å²) in [5, 5.41) is 6.87. The lowest BCUT2D eigenvalue weighted by Crippen LogP contribution is -2.23. The van der Waals surface area contributed by atoms with E-state index in [2.05, 4.69) is 15.2 Å². The van der Waals surface area contributed by atoms with Crippen LogP contribution in [0.5, 0.6) is 0 Å². The molecule has 0 aliphatic carbocycles. The number of rotatable bonds is 5. The van der Waals surface area contributed by atoms with E-state index in [-0.39, 0.29) is 17.3 Å². The van der Waals surface area contributed by atoms with Crippen molar-refractivity contribution in [1.82, 2.24) is 15.1 Å². The number of nitrogens with zero attached hydrogens (tertiary/aromatic N) is 2. The van der Waals surface area contributed by atoms with Gasteiger partial charge in [-0.05, 0) is 30.7 Å². The molecule has 0 saturated carbocycles. The van der Waals surface area contributed by atoms with Crippen LogP contribution >= 0.6 is 0 Å². The van der Waals surface area contributed by atoms with Gasteiger partial charge in [-0.25, -0.2) is 9.48 Å². The molecule has 2 rings (SSSR count). The second kappa shape index (κ2) is 6.75. The smallest absolute Gasteiger partial charge is 0.343 e. The Bertz CT molecular complexity index is 677. The van der Waals surface area contributed by atoms with E-state index in [0.29, 0.717) is 17.8 Å². The lowest BCUT2D eigenvalue weighted by Gasteiger charge is -2.07. The molecule has 0 aliphatic rings. The van der Waals surface area contributed by atoms with Crippen molar-refractivity contribution in [3.05, 3.63) is 41.6 Å². The standard InChI is InChI=1S/C15H18N4O3/c1-3-8-17-14(20)10-4-6-11(7-5-10)19-13(16)12(9-18-19)15(21)22-2/h4-7,9H,3,8,16H2,1-2H3,(H,17,20). The van der Waals surface area contributed by atoms with E-state index in [4.69, 9.17) is 5.73 Å². The number of nitrogens with one attached hydrogen (secondary N) is 1. The lowest BCUT2D eigenvalue weighted by atomic mass is 10.2. The number of carbonyl (C=O) groups excluding carboxylic acids is 2. The number of aromatic nitrogens is 2. The summed E-state index contributed by atoms with van der Waals surface area (Å²) in [6.07, 6.45) is 2.23. The van der Waals surface area contributed by atoms with E-state index in [9.17, 15) is 9.59 Å². The average molecular weight is 302 g/mol. The van der Waals surface area contributed by atoms with Gasteiger partial charge in [0.25, 0.3) is 5.91 Å². The van der Waals surface area contributed by atoms with Crippen LogP contribution in [0.1, 0.15) is 34.1 Å². The number of hydrogen-bond donors (Lipinski definition) is 2. The molecule has 1 amide bonds. The van der Waals surface area contributed by atoms with Gasteiger partial charge in [0.15, 0.2) is 0 Å². The topological polar surface area (TPSA) is 99.2 Å². The number of hydrogen-bond acceptors (Lipinski definition) is 5. The Morgan fingerprint density at radius 3 is 2.59 bits per heavy atom. The summed E-state index contributed by atoms with van der Waals surface area (Å²) in [6, 6.07) is 6.79. The van der Waals surface area contributed by atoms with Crippen LogP contribution < -0.4 is 11.1 Å². The maximum Gasteiger partial charge on any atom is 0.343 e. The Labute approximate surface area is 128 Å². The summed E-state index contributed by atoms with van der Waals surface area (Å²) in [7, 11) is 1.28. The van der Waals surface area contributed by atoms with Gasteiger partial charge >= 0.3 is 5.97 Å². The maximum atomic E-state index is 11.8. The first-order valence-electron chi connectivity index (χ1n) is 6.89. The van der Waals surface area contributed by atoms with Gasteiger partial charge in [-0.3, -0.25) is 4.79 Å². The second-order valence-corrected chi connectivity index (χ2v) is 4.65. The molecule has 3 N–H and O–H groups in total. The average Bonchev–Trinajstić information content (AvgIpc) is 2.93. The van der Waals surface area contributed by atoms with Gasteiger partial charge in [-0.1, -0.05) is 6.92 Å². The van der Waals surface area contributed by atoms with Crippen molar-refractivity contribution in [3.8, 4) is 5.69 Å². The number of amides is 1. The zero-order valence-electron chi connectivity index (χ0n) is 12.5. The third-order valence-corrected chi connectivity index (χ3v) is 3.12. The highest BCUT2D eigenvalue weighted by molar-refractivity contribution is 5.95. The first-order chi connectivity index (χ1) is 10.6. The minimum absolute atomic E-state index is 0.128. The molecular weight excluding hydrogens is 284 g/mol. The summed E-state index contributed by atoms with van der Waals surface area (Å²) in [6.45, 7) is 2.62. The van der Waals surface area contributed by atoms with Crippen molar-refractivity contribution in [1.29, 1.82) is 0 Å². The summed E-state index contributed by atoms with van der Waals surface area (Å²) in [4.78, 5) is 23.3. The predicted octanol–water partition coefficient (Wildman–Crippen LogP) is 1.38. The molecule has 1 aromatic carbocycles. The lowest BCUT2D eigenvalue weighted by molar-refractivity contribution is 0.0602. The fourth-order valence-corrected chi connectivity index (χ4v) is 1.93. The Morgan fingerprint density at radius 1 is 1.32 bits per heavy atom. The van der Waals surface area contributed by atoms with Crippen molar-refractivity contribution in [3.63, 3.8) is 0 Å². The number of esters is 1. The van der Waals surface area contributed by atoms with Crippen molar-refractivity contribution < 1.29 is 14.3 Å². The quantitative estimate of drug-likeness (QED) is 0.813. The Balaban J connectivity index is 2.22. The predicted molar refractivity (Wildman–Crippen MR) is 81.9 cm³/mol. The van der Waals surface area contributed by atoms with Crippen LogP contribution in [0.3, 0.4) is 0 Å². The molecule has 0 bridgehead atoms. The highest BCUT2D eigenvalue weighted by atomic mass is 16.5. The minimum Gasteiger partial charge on any atom is -0.465 e. The van der Waals surface area contributed by atoms with Gasteiger partial charge in [0.1, 0.15) is 11.4 Å². The highest BCUT2D eigenvalue weighted by Gasteiger charge is 2.16. The number of nitrogens with two attached hydrogens (primary N) is 1. The van der Waals surface area contributed by atoms with Crippen molar-refractivity contribution in [2.75, 3.05) is 19.4 Å². The molecule has 0 unspecified atom stereocenters. The number of anilines is 1. The molecule has 7 nitrogen and oxygen atoms in total. The fourth-order valence-electron chi connectivity index (χ4n) is 1.93. The normalized spacial score (nSPS) is 10.3. The van der Waals surface area contributed by atoms with E-state index in [1.54, 1.807) is 24.3 Å². The molecule has 0 radical (unpaired) electrons. The largest absolute Gasteiger partial charge is 0.465 e. The number of ether oxygens (including phenoxy) is 1. The molecule has 0 aliphatic heterocycles. The third kappa shape index (κ3) is 3.08. The zero-order valence-corrected chi connectivity index (χ0v) is 12.5. The van der Waals surface area contributed by atoms with Gasteiger partial charge < -0.3 is 15.8 Å². The number of benzene rings is 1. The van der Waals surface area contributed by atoms with Crippen LogP contribution in [-0.2, 0) is 4.74 Å². The maximum absolute atomic E-state index is 11.8. The van der Waals surface area contributed by atoms with E-state index in [1.807, 2.05) is 6.92 Å². The van der Waals surface area contributed by atoms with Gasteiger partial charge in [-0.15, -0.1) is 0 Å². The zero-order chi connectivity index (χ0) is 16.1.